The molecule has 68 valence electrons. The van der Waals surface area contributed by atoms with Gasteiger partial charge in [0.2, 0.25) is 0 Å². The third kappa shape index (κ3) is 3.41. The molecule has 0 aliphatic carbocycles. The fourth-order valence-corrected chi connectivity index (χ4v) is 1.18. The van der Waals surface area contributed by atoms with Gasteiger partial charge in [-0.2, -0.15) is 0 Å². The topological polar surface area (TPSA) is 38.5 Å². The normalized spacial score (nSPS) is 22.6. The minimum Gasteiger partial charge on any atom is -0.373 e. The molecule has 2 nitrogen and oxygen atoms in total. The minimum absolute atomic E-state index is 0. The Labute approximate surface area is 74.9 Å². The van der Waals surface area contributed by atoms with E-state index in [0.29, 0.717) is 6.10 Å². The second-order valence-corrected chi connectivity index (χ2v) is 3.23. The van der Waals surface area contributed by atoms with Gasteiger partial charge in [-0.1, -0.05) is 13.8 Å². The molecular formula is C8H18ClNO. The summed E-state index contributed by atoms with van der Waals surface area (Å²) in [4.78, 5) is 0. The summed E-state index contributed by atoms with van der Waals surface area (Å²) in [7, 11) is 0. The summed E-state index contributed by atoms with van der Waals surface area (Å²) >= 11 is 0. The zero-order valence-corrected chi connectivity index (χ0v) is 8.12. The molecule has 0 spiro atoms. The first-order chi connectivity index (χ1) is 4.70. The summed E-state index contributed by atoms with van der Waals surface area (Å²) in [6.45, 7) is 5.22. The van der Waals surface area contributed by atoms with Gasteiger partial charge < -0.3 is 10.5 Å². The van der Waals surface area contributed by atoms with Crippen molar-refractivity contribution in [3.8, 4) is 0 Å². The molecule has 0 bridgehead atoms. The number of halogens is 1. The third-order valence-corrected chi connectivity index (χ3v) is 2.44. The summed E-state index contributed by atoms with van der Waals surface area (Å²) in [5, 5.41) is 0. The average molecular weight is 180 g/mol. The van der Waals surface area contributed by atoms with E-state index < -0.39 is 0 Å². The van der Waals surface area contributed by atoms with Crippen LogP contribution in [0.3, 0.4) is 0 Å². The molecule has 11 heavy (non-hydrogen) atoms. The van der Waals surface area contributed by atoms with E-state index in [4.69, 9.17) is 10.5 Å². The summed E-state index contributed by atoms with van der Waals surface area (Å²) in [5.41, 5.74) is 6.10. The number of hydrogen-bond donors (Lipinski definition) is 1. The number of rotatable bonds is 4. The van der Waals surface area contributed by atoms with Crippen molar-refractivity contribution < 1.29 is 4.74 Å². The Morgan fingerprint density at radius 1 is 1.45 bits per heavy atom. The highest BCUT2D eigenvalue weighted by molar-refractivity contribution is 5.85. The molecule has 0 aromatic carbocycles. The van der Waals surface area contributed by atoms with Crippen molar-refractivity contribution >= 4 is 12.4 Å². The van der Waals surface area contributed by atoms with Crippen molar-refractivity contribution in [2.75, 3.05) is 6.61 Å². The lowest BCUT2D eigenvalue weighted by Crippen LogP contribution is -2.39. The largest absolute Gasteiger partial charge is 0.373 e. The molecule has 0 amide bonds. The Morgan fingerprint density at radius 3 is 2.18 bits per heavy atom. The van der Waals surface area contributed by atoms with E-state index in [9.17, 15) is 0 Å². The van der Waals surface area contributed by atoms with Crippen molar-refractivity contribution in [2.45, 2.75) is 44.8 Å². The minimum atomic E-state index is 0. The van der Waals surface area contributed by atoms with Crippen LogP contribution in [-0.2, 0) is 4.74 Å². The number of nitrogens with two attached hydrogens (primary N) is 1. The van der Waals surface area contributed by atoms with Crippen molar-refractivity contribution in [2.24, 2.45) is 5.73 Å². The molecule has 1 aliphatic rings. The van der Waals surface area contributed by atoms with Gasteiger partial charge >= 0.3 is 0 Å². The van der Waals surface area contributed by atoms with E-state index in [2.05, 4.69) is 13.8 Å². The first kappa shape index (κ1) is 11.2. The smallest absolute Gasteiger partial charge is 0.0827 e. The van der Waals surface area contributed by atoms with Crippen molar-refractivity contribution in [1.82, 2.24) is 0 Å². The summed E-state index contributed by atoms with van der Waals surface area (Å²) in [6.07, 6.45) is 3.64. The van der Waals surface area contributed by atoms with E-state index in [-0.39, 0.29) is 17.9 Å². The highest BCUT2D eigenvalue weighted by Crippen LogP contribution is 2.25. The zero-order chi connectivity index (χ0) is 7.61. The van der Waals surface area contributed by atoms with Crippen LogP contribution in [0.25, 0.3) is 0 Å². The second-order valence-electron chi connectivity index (χ2n) is 3.23. The molecule has 3 heteroatoms. The van der Waals surface area contributed by atoms with Crippen LogP contribution in [0.2, 0.25) is 0 Å². The first-order valence-corrected chi connectivity index (χ1v) is 4.10. The quantitative estimate of drug-likeness (QED) is 0.668. The molecular weight excluding hydrogens is 162 g/mol. The maximum atomic E-state index is 6.06. The molecule has 1 fully saturated rings. The van der Waals surface area contributed by atoms with E-state index in [0.717, 1.165) is 25.9 Å². The molecule has 1 unspecified atom stereocenters. The molecule has 1 saturated heterocycles. The van der Waals surface area contributed by atoms with E-state index in [1.54, 1.807) is 0 Å². The van der Waals surface area contributed by atoms with Gasteiger partial charge in [-0.05, 0) is 19.3 Å². The highest BCUT2D eigenvalue weighted by Gasteiger charge is 2.32. The molecule has 0 radical (unpaired) electrons. The van der Waals surface area contributed by atoms with Crippen molar-refractivity contribution in [3.05, 3.63) is 0 Å². The number of ether oxygens (including phenoxy) is 1. The van der Waals surface area contributed by atoms with Gasteiger partial charge in [-0.15, -0.1) is 12.4 Å². The molecule has 1 atom stereocenters. The van der Waals surface area contributed by atoms with Gasteiger partial charge in [0.05, 0.1) is 12.7 Å². The Hall–Kier alpha value is 0.210. The molecule has 0 saturated carbocycles. The average Bonchev–Trinajstić information content (AvgIpc) is 2.72. The standard InChI is InChI=1S/C8H17NO.ClH/c1-3-8(9,4-2)5-7-6-10-7;/h7H,3-6,9H2,1-2H3;1H. The molecule has 0 aromatic heterocycles. The fraction of sp³-hybridized carbons (Fsp3) is 1.00. The van der Waals surface area contributed by atoms with Gasteiger partial charge in [0, 0.05) is 5.54 Å². The molecule has 0 aromatic rings. The Bertz CT molecular complexity index is 111. The predicted octanol–water partition coefficient (Wildman–Crippen LogP) is 1.71. The number of epoxide rings is 1. The predicted molar refractivity (Wildman–Crippen MR) is 49.1 cm³/mol. The van der Waals surface area contributed by atoms with Crippen LogP contribution in [0.5, 0.6) is 0 Å². The summed E-state index contributed by atoms with van der Waals surface area (Å²) < 4.78 is 5.13. The Morgan fingerprint density at radius 2 is 1.91 bits per heavy atom. The van der Waals surface area contributed by atoms with Gasteiger partial charge in [-0.25, -0.2) is 0 Å². The fourth-order valence-electron chi connectivity index (χ4n) is 1.18. The van der Waals surface area contributed by atoms with E-state index in [1.165, 1.54) is 0 Å². The first-order valence-electron chi connectivity index (χ1n) is 4.10. The zero-order valence-electron chi connectivity index (χ0n) is 7.30. The van der Waals surface area contributed by atoms with Gasteiger partial charge in [-0.3, -0.25) is 0 Å². The van der Waals surface area contributed by atoms with Crippen LogP contribution in [-0.4, -0.2) is 18.2 Å². The van der Waals surface area contributed by atoms with Crippen LogP contribution in [0.4, 0.5) is 0 Å². The summed E-state index contributed by atoms with van der Waals surface area (Å²) in [5.74, 6) is 0. The number of hydrogen-bond acceptors (Lipinski definition) is 2. The lowest BCUT2D eigenvalue weighted by atomic mass is 9.89. The lowest BCUT2D eigenvalue weighted by Gasteiger charge is -2.25. The van der Waals surface area contributed by atoms with Crippen LogP contribution in [0.15, 0.2) is 0 Å². The monoisotopic (exact) mass is 179 g/mol. The van der Waals surface area contributed by atoms with Gasteiger partial charge in [0.15, 0.2) is 0 Å². The van der Waals surface area contributed by atoms with Crippen LogP contribution in [0, 0.1) is 0 Å². The molecule has 1 rings (SSSR count). The van der Waals surface area contributed by atoms with Crippen LogP contribution < -0.4 is 5.73 Å². The second kappa shape index (κ2) is 4.29. The van der Waals surface area contributed by atoms with E-state index in [1.807, 2.05) is 0 Å². The van der Waals surface area contributed by atoms with E-state index >= 15 is 0 Å². The maximum Gasteiger partial charge on any atom is 0.0827 e. The lowest BCUT2D eigenvalue weighted by molar-refractivity contribution is 0.302. The SMILES string of the molecule is CCC(N)(CC)CC1CO1.Cl. The highest BCUT2D eigenvalue weighted by atomic mass is 35.5. The Kier molecular flexibility index (Phi) is 4.37. The molecule has 2 N–H and O–H groups in total. The third-order valence-electron chi connectivity index (χ3n) is 2.44. The van der Waals surface area contributed by atoms with Crippen LogP contribution >= 0.6 is 12.4 Å². The van der Waals surface area contributed by atoms with Crippen molar-refractivity contribution in [3.63, 3.8) is 0 Å². The Balaban J connectivity index is 0.000001000. The maximum absolute atomic E-state index is 6.06. The van der Waals surface area contributed by atoms with Crippen LogP contribution in [0.1, 0.15) is 33.1 Å². The molecule has 1 heterocycles. The van der Waals surface area contributed by atoms with Gasteiger partial charge in [0.1, 0.15) is 0 Å². The summed E-state index contributed by atoms with van der Waals surface area (Å²) in [6, 6.07) is 0. The molecule has 1 aliphatic heterocycles. The van der Waals surface area contributed by atoms with Gasteiger partial charge in [0.25, 0.3) is 0 Å². The van der Waals surface area contributed by atoms with Crippen molar-refractivity contribution in [1.29, 1.82) is 0 Å².